The Bertz CT molecular complexity index is 305. The third-order valence-electron chi connectivity index (χ3n) is 4.23. The van der Waals surface area contributed by atoms with Crippen LogP contribution in [-0.2, 0) is 0 Å². The fraction of sp³-hybridized carbons (Fsp3) is 1.00. The van der Waals surface area contributed by atoms with Gasteiger partial charge in [-0.1, -0.05) is 0 Å². The predicted octanol–water partition coefficient (Wildman–Crippen LogP) is -5.15. The summed E-state index contributed by atoms with van der Waals surface area (Å²) in [7, 11) is 0. The molecule has 0 aliphatic heterocycles. The van der Waals surface area contributed by atoms with Crippen LogP contribution in [0, 0.1) is 0 Å². The van der Waals surface area contributed by atoms with Crippen molar-refractivity contribution in [2.75, 3.05) is 105 Å². The van der Waals surface area contributed by atoms with Gasteiger partial charge in [-0.3, -0.25) is 0 Å². The first-order valence-corrected chi connectivity index (χ1v) is 12.0. The fourth-order valence-corrected chi connectivity index (χ4v) is 2.48. The first-order chi connectivity index (χ1) is 15.6. The molecule has 0 aromatic heterocycles. The molecule has 0 aromatic rings. The highest BCUT2D eigenvalue weighted by atomic mass is 16.3. The van der Waals surface area contributed by atoms with E-state index in [1.165, 1.54) is 0 Å². The number of hydrogen-bond donors (Lipinski definition) is 12. The van der Waals surface area contributed by atoms with Gasteiger partial charge in [0.15, 0.2) is 0 Å². The molecule has 32 heavy (non-hydrogen) atoms. The van der Waals surface area contributed by atoms with E-state index in [1.807, 2.05) is 0 Å². The fourth-order valence-electron chi connectivity index (χ4n) is 2.48. The van der Waals surface area contributed by atoms with Crippen LogP contribution in [0.15, 0.2) is 0 Å². The quantitative estimate of drug-likeness (QED) is 0.0601. The van der Waals surface area contributed by atoms with E-state index < -0.39 is 0 Å². The maximum Gasteiger partial charge on any atom is 0.0788 e. The van der Waals surface area contributed by atoms with E-state index in [0.29, 0.717) is 52.4 Å². The molecule has 0 spiro atoms. The lowest BCUT2D eigenvalue weighted by atomic mass is 10.3. The highest BCUT2D eigenvalue weighted by molar-refractivity contribution is 4.65. The summed E-state index contributed by atoms with van der Waals surface area (Å²) in [4.78, 5) is 0. The smallest absolute Gasteiger partial charge is 0.0788 e. The average molecular weight is 467 g/mol. The average Bonchev–Trinajstić information content (AvgIpc) is 2.79. The molecule has 196 valence electrons. The second-order valence-electron chi connectivity index (χ2n) is 7.49. The minimum Gasteiger partial charge on any atom is -0.390 e. The minimum atomic E-state index is -0.353. The van der Waals surface area contributed by atoms with Gasteiger partial charge in [-0.2, -0.15) is 0 Å². The minimum absolute atomic E-state index is 0.328. The molecule has 12 nitrogen and oxygen atoms in total. The molecule has 0 atom stereocenters. The summed E-state index contributed by atoms with van der Waals surface area (Å²) in [6.45, 7) is 12.0. The van der Waals surface area contributed by atoms with Crippen molar-refractivity contribution in [1.29, 1.82) is 0 Å². The Morgan fingerprint density at radius 2 is 0.719 bits per heavy atom. The van der Waals surface area contributed by atoms with E-state index in [2.05, 4.69) is 31.9 Å². The molecule has 0 heterocycles. The van der Waals surface area contributed by atoms with Crippen LogP contribution in [0.3, 0.4) is 0 Å². The normalized spacial score (nSPS) is 11.2. The molecule has 0 unspecified atom stereocenters. The van der Waals surface area contributed by atoms with Gasteiger partial charge >= 0.3 is 0 Å². The molecule has 0 aliphatic rings. The largest absolute Gasteiger partial charge is 0.390 e. The predicted molar refractivity (Wildman–Crippen MR) is 135 cm³/mol. The van der Waals surface area contributed by atoms with E-state index in [-0.39, 0.29) is 12.2 Å². The summed E-state index contributed by atoms with van der Waals surface area (Å²) >= 11 is 0. The van der Waals surface area contributed by atoms with Crippen LogP contribution in [0.2, 0.25) is 0 Å². The van der Waals surface area contributed by atoms with Crippen LogP contribution in [-0.4, -0.2) is 127 Å². The van der Waals surface area contributed by atoms with E-state index in [1.54, 1.807) is 0 Å². The van der Waals surface area contributed by atoms with Crippen molar-refractivity contribution in [3.8, 4) is 0 Å². The van der Waals surface area contributed by atoms with Crippen molar-refractivity contribution >= 4 is 0 Å². The lowest BCUT2D eigenvalue weighted by Gasteiger charge is -2.13. The Morgan fingerprint density at radius 3 is 1.03 bits per heavy atom. The second kappa shape index (κ2) is 30.5. The summed E-state index contributed by atoms with van der Waals surface area (Å²) < 4.78 is 0. The molecule has 16 N–H and O–H groups in total. The van der Waals surface area contributed by atoms with Crippen molar-refractivity contribution in [3.63, 3.8) is 0 Å². The second-order valence-corrected chi connectivity index (χ2v) is 7.49. The van der Waals surface area contributed by atoms with Gasteiger partial charge in [0, 0.05) is 78.5 Å². The van der Waals surface area contributed by atoms with Crippen molar-refractivity contribution in [2.24, 2.45) is 22.9 Å². The van der Waals surface area contributed by atoms with Gasteiger partial charge in [0.05, 0.1) is 12.2 Å². The Kier molecular flexibility index (Phi) is 32.1. The number of nitrogens with one attached hydrogen (secondary N) is 6. The van der Waals surface area contributed by atoms with E-state index >= 15 is 0 Å². The Labute approximate surface area is 195 Å². The molecule has 12 heteroatoms. The van der Waals surface area contributed by atoms with Crippen LogP contribution < -0.4 is 54.8 Å². The molecule has 0 aliphatic carbocycles. The standard InChI is InChI=1S/C11H30N6O.C9H24N4O/c12-1-3-14-5-7-16-9-11(18)10-17-8-6-15-4-2-13;10-3-1-5-12-7-9(14)8-13-6-2-4-11/h11,14-18H,1-10,12-13H2;9,12-14H,1-8,10-11H2. The van der Waals surface area contributed by atoms with Gasteiger partial charge < -0.3 is 65.0 Å². The van der Waals surface area contributed by atoms with Gasteiger partial charge in [0.25, 0.3) is 0 Å². The molecule has 0 rings (SSSR count). The summed E-state index contributed by atoms with van der Waals surface area (Å²) in [5.74, 6) is 0. The highest BCUT2D eigenvalue weighted by Crippen LogP contribution is 1.80. The monoisotopic (exact) mass is 466 g/mol. The summed E-state index contributed by atoms with van der Waals surface area (Å²) in [6, 6.07) is 0. The molecular weight excluding hydrogens is 412 g/mol. The number of hydrogen-bond acceptors (Lipinski definition) is 12. The van der Waals surface area contributed by atoms with Gasteiger partial charge in [0.1, 0.15) is 0 Å². The van der Waals surface area contributed by atoms with Crippen molar-refractivity contribution < 1.29 is 10.2 Å². The molecule has 0 saturated carbocycles. The number of aliphatic hydroxyl groups is 2. The molecule has 0 amide bonds. The first kappa shape index (κ1) is 33.7. The van der Waals surface area contributed by atoms with Crippen molar-refractivity contribution in [3.05, 3.63) is 0 Å². The van der Waals surface area contributed by atoms with E-state index in [0.717, 1.165) is 65.2 Å². The van der Waals surface area contributed by atoms with Crippen LogP contribution >= 0.6 is 0 Å². The Hall–Kier alpha value is -0.480. The number of rotatable bonds is 24. The zero-order valence-corrected chi connectivity index (χ0v) is 20.1. The van der Waals surface area contributed by atoms with Crippen molar-refractivity contribution in [2.45, 2.75) is 25.0 Å². The maximum absolute atomic E-state index is 9.65. The molecule has 0 saturated heterocycles. The van der Waals surface area contributed by atoms with Crippen LogP contribution in [0.1, 0.15) is 12.8 Å². The highest BCUT2D eigenvalue weighted by Gasteiger charge is 2.02. The Morgan fingerprint density at radius 1 is 0.406 bits per heavy atom. The molecule has 0 fully saturated rings. The van der Waals surface area contributed by atoms with Gasteiger partial charge in [-0.15, -0.1) is 0 Å². The zero-order valence-electron chi connectivity index (χ0n) is 20.1. The molecule has 0 aromatic carbocycles. The van der Waals surface area contributed by atoms with E-state index in [9.17, 15) is 10.2 Å². The van der Waals surface area contributed by atoms with Gasteiger partial charge in [-0.05, 0) is 39.0 Å². The summed E-state index contributed by atoms with van der Waals surface area (Å²) in [5, 5.41) is 38.1. The molecular formula is C20H54N10O2. The lowest BCUT2D eigenvalue weighted by Crippen LogP contribution is -2.40. The van der Waals surface area contributed by atoms with Crippen LogP contribution in [0.5, 0.6) is 0 Å². The van der Waals surface area contributed by atoms with Gasteiger partial charge in [-0.25, -0.2) is 0 Å². The van der Waals surface area contributed by atoms with Gasteiger partial charge in [0.2, 0.25) is 0 Å². The summed E-state index contributed by atoms with van der Waals surface area (Å²) in [6.07, 6.45) is 1.22. The van der Waals surface area contributed by atoms with E-state index in [4.69, 9.17) is 22.9 Å². The summed E-state index contributed by atoms with van der Waals surface area (Å²) in [5.41, 5.74) is 21.4. The van der Waals surface area contributed by atoms with Crippen molar-refractivity contribution in [1.82, 2.24) is 31.9 Å². The topological polar surface area (TPSA) is 217 Å². The molecule has 0 bridgehead atoms. The number of aliphatic hydroxyl groups excluding tert-OH is 2. The van der Waals surface area contributed by atoms with Crippen LogP contribution in [0.4, 0.5) is 0 Å². The SMILES string of the molecule is NCCCNCC(O)CNCCCN.NCCNCCNCC(O)CNCCNCCN. The number of nitrogens with two attached hydrogens (primary N) is 4. The zero-order chi connectivity index (χ0) is 24.1. The lowest BCUT2D eigenvalue weighted by molar-refractivity contribution is 0.168. The van der Waals surface area contributed by atoms with Crippen LogP contribution in [0.25, 0.3) is 0 Å². The Balaban J connectivity index is 0. The third kappa shape index (κ3) is 31.7. The maximum atomic E-state index is 9.65. The third-order valence-corrected chi connectivity index (χ3v) is 4.23. The molecule has 0 radical (unpaired) electrons. The first-order valence-electron chi connectivity index (χ1n) is 12.0.